The monoisotopic (exact) mass is 424 g/mol. The normalized spacial score (nSPS) is 18.4. The highest BCUT2D eigenvalue weighted by atomic mass is 19.1. The van der Waals surface area contributed by atoms with E-state index in [2.05, 4.69) is 10.3 Å². The lowest BCUT2D eigenvalue weighted by Gasteiger charge is -2.40. The van der Waals surface area contributed by atoms with Gasteiger partial charge in [-0.25, -0.2) is 4.39 Å². The van der Waals surface area contributed by atoms with Crippen LogP contribution in [0.4, 0.5) is 4.39 Å². The van der Waals surface area contributed by atoms with Gasteiger partial charge in [-0.15, -0.1) is 0 Å². The van der Waals surface area contributed by atoms with Crippen LogP contribution in [-0.2, 0) is 5.41 Å². The number of aromatic nitrogens is 3. The van der Waals surface area contributed by atoms with Crippen LogP contribution in [0, 0.1) is 25.6 Å². The number of hydrogen-bond acceptors (Lipinski definition) is 6. The van der Waals surface area contributed by atoms with Crippen LogP contribution in [-0.4, -0.2) is 39.2 Å². The quantitative estimate of drug-likeness (QED) is 0.601. The Labute approximate surface area is 179 Å². The maximum atomic E-state index is 13.3. The molecule has 0 unspecified atom stereocenters. The van der Waals surface area contributed by atoms with E-state index in [1.807, 2.05) is 4.90 Å². The SMILES string of the molecule is Cc1noc(C)c1C(=O)N1CCC(CC2CC2)(c2noc(-c3ccc(F)cc3)n2)CC1. The molecule has 162 valence electrons. The molecule has 2 aliphatic rings. The maximum absolute atomic E-state index is 13.3. The first kappa shape index (κ1) is 19.9. The largest absolute Gasteiger partial charge is 0.361 e. The van der Waals surface area contributed by atoms with Crippen molar-refractivity contribution in [1.29, 1.82) is 0 Å². The summed E-state index contributed by atoms with van der Waals surface area (Å²) in [6, 6.07) is 6.06. The number of benzene rings is 1. The second kappa shape index (κ2) is 7.59. The van der Waals surface area contributed by atoms with Gasteiger partial charge < -0.3 is 13.9 Å². The van der Waals surface area contributed by atoms with E-state index in [4.69, 9.17) is 14.0 Å². The van der Waals surface area contributed by atoms with Gasteiger partial charge in [0.15, 0.2) is 5.82 Å². The van der Waals surface area contributed by atoms with Crippen LogP contribution < -0.4 is 0 Å². The summed E-state index contributed by atoms with van der Waals surface area (Å²) in [7, 11) is 0. The Balaban J connectivity index is 1.37. The van der Waals surface area contributed by atoms with E-state index in [1.165, 1.54) is 25.0 Å². The molecule has 0 atom stereocenters. The first-order valence-corrected chi connectivity index (χ1v) is 10.8. The Morgan fingerprint density at radius 2 is 1.84 bits per heavy atom. The highest BCUT2D eigenvalue weighted by molar-refractivity contribution is 5.96. The van der Waals surface area contributed by atoms with E-state index < -0.39 is 0 Å². The summed E-state index contributed by atoms with van der Waals surface area (Å²) in [5, 5.41) is 8.25. The number of carbonyl (C=O) groups is 1. The number of amides is 1. The summed E-state index contributed by atoms with van der Waals surface area (Å²) in [6.07, 6.45) is 5.02. The summed E-state index contributed by atoms with van der Waals surface area (Å²) < 4.78 is 24.0. The number of nitrogens with zero attached hydrogens (tertiary/aromatic N) is 4. The Kier molecular flexibility index (Phi) is 4.87. The zero-order valence-electron chi connectivity index (χ0n) is 17.7. The first-order valence-electron chi connectivity index (χ1n) is 10.8. The molecule has 0 N–H and O–H groups in total. The van der Waals surface area contributed by atoms with Gasteiger partial charge in [0.25, 0.3) is 11.8 Å². The van der Waals surface area contributed by atoms with Gasteiger partial charge >= 0.3 is 0 Å². The lowest BCUT2D eigenvalue weighted by atomic mass is 9.73. The third kappa shape index (κ3) is 3.75. The molecular formula is C23H25FN4O3. The molecule has 1 aliphatic heterocycles. The molecule has 0 radical (unpaired) electrons. The van der Waals surface area contributed by atoms with E-state index >= 15 is 0 Å². The van der Waals surface area contributed by atoms with Crippen molar-refractivity contribution in [3.8, 4) is 11.5 Å². The summed E-state index contributed by atoms with van der Waals surface area (Å²) in [6.45, 7) is 4.80. The predicted molar refractivity (Wildman–Crippen MR) is 110 cm³/mol. The van der Waals surface area contributed by atoms with Crippen molar-refractivity contribution in [2.75, 3.05) is 13.1 Å². The molecule has 5 rings (SSSR count). The minimum Gasteiger partial charge on any atom is -0.361 e. The van der Waals surface area contributed by atoms with E-state index in [-0.39, 0.29) is 17.1 Å². The Morgan fingerprint density at radius 1 is 1.13 bits per heavy atom. The second-order valence-corrected chi connectivity index (χ2v) is 8.85. The minimum absolute atomic E-state index is 0.0311. The molecule has 7 nitrogen and oxygen atoms in total. The van der Waals surface area contributed by atoms with Gasteiger partial charge in [-0.05, 0) is 63.3 Å². The molecule has 31 heavy (non-hydrogen) atoms. The minimum atomic E-state index is -0.302. The molecule has 0 spiro atoms. The third-order valence-corrected chi connectivity index (χ3v) is 6.62. The molecule has 1 amide bonds. The fourth-order valence-electron chi connectivity index (χ4n) is 4.63. The first-order chi connectivity index (χ1) is 14.9. The number of likely N-dealkylation sites (tertiary alicyclic amines) is 1. The summed E-state index contributed by atoms with van der Waals surface area (Å²) in [5.74, 6) is 2.00. The van der Waals surface area contributed by atoms with Gasteiger partial charge in [0.2, 0.25) is 0 Å². The highest BCUT2D eigenvalue weighted by Crippen LogP contribution is 2.47. The molecule has 1 aromatic carbocycles. The number of rotatable bonds is 5. The fourth-order valence-corrected chi connectivity index (χ4v) is 4.63. The van der Waals surface area contributed by atoms with Crippen LogP contribution in [0.5, 0.6) is 0 Å². The van der Waals surface area contributed by atoms with Gasteiger partial charge in [-0.3, -0.25) is 4.79 Å². The van der Waals surface area contributed by atoms with Crippen molar-refractivity contribution in [3.63, 3.8) is 0 Å². The van der Waals surface area contributed by atoms with Crippen molar-refractivity contribution in [2.45, 2.75) is 51.4 Å². The average molecular weight is 424 g/mol. The molecule has 1 saturated carbocycles. The average Bonchev–Trinajstić information content (AvgIpc) is 3.31. The van der Waals surface area contributed by atoms with Gasteiger partial charge in [-0.1, -0.05) is 23.2 Å². The van der Waals surface area contributed by atoms with Crippen LogP contribution in [0.1, 0.15) is 59.7 Å². The summed E-state index contributed by atoms with van der Waals surface area (Å²) >= 11 is 0. The summed E-state index contributed by atoms with van der Waals surface area (Å²) in [4.78, 5) is 19.6. The second-order valence-electron chi connectivity index (χ2n) is 8.85. The number of carbonyl (C=O) groups excluding carboxylic acids is 1. The lowest BCUT2D eigenvalue weighted by molar-refractivity contribution is 0.0643. The molecule has 0 bridgehead atoms. The third-order valence-electron chi connectivity index (χ3n) is 6.62. The Hall–Kier alpha value is -3.03. The predicted octanol–water partition coefficient (Wildman–Crippen LogP) is 4.45. The van der Waals surface area contributed by atoms with Gasteiger partial charge in [-0.2, -0.15) is 4.98 Å². The van der Waals surface area contributed by atoms with Gasteiger partial charge in [0.1, 0.15) is 17.1 Å². The maximum Gasteiger partial charge on any atom is 0.259 e. The number of halogens is 1. The Morgan fingerprint density at radius 3 is 2.45 bits per heavy atom. The molecule has 2 fully saturated rings. The van der Waals surface area contributed by atoms with Crippen molar-refractivity contribution in [2.24, 2.45) is 5.92 Å². The zero-order valence-corrected chi connectivity index (χ0v) is 17.7. The van der Waals surface area contributed by atoms with Crippen LogP contribution in [0.3, 0.4) is 0 Å². The summed E-state index contributed by atoms with van der Waals surface area (Å²) in [5.41, 5.74) is 1.68. The van der Waals surface area contributed by atoms with E-state index in [1.54, 1.807) is 26.0 Å². The molecule has 3 heterocycles. The van der Waals surface area contributed by atoms with Crippen LogP contribution in [0.25, 0.3) is 11.5 Å². The van der Waals surface area contributed by atoms with Gasteiger partial charge in [0.05, 0.1) is 5.69 Å². The number of piperidine rings is 1. The van der Waals surface area contributed by atoms with Crippen molar-refractivity contribution < 1.29 is 18.2 Å². The number of aryl methyl sites for hydroxylation is 2. The van der Waals surface area contributed by atoms with E-state index in [0.717, 1.165) is 19.3 Å². The zero-order chi connectivity index (χ0) is 21.6. The van der Waals surface area contributed by atoms with Crippen molar-refractivity contribution >= 4 is 5.91 Å². The van der Waals surface area contributed by atoms with Crippen LogP contribution >= 0.6 is 0 Å². The van der Waals surface area contributed by atoms with Crippen molar-refractivity contribution in [1.82, 2.24) is 20.2 Å². The van der Waals surface area contributed by atoms with E-state index in [9.17, 15) is 9.18 Å². The number of hydrogen-bond donors (Lipinski definition) is 0. The fraction of sp³-hybridized carbons (Fsp3) is 0.478. The highest BCUT2D eigenvalue weighted by Gasteiger charge is 2.45. The molecule has 1 aliphatic carbocycles. The standard InChI is InChI=1S/C23H25FN4O3/c1-14-19(15(2)30-26-14)21(29)28-11-9-23(10-12-28,13-16-3-4-16)22-25-20(31-27-22)17-5-7-18(24)8-6-17/h5-8,16H,3-4,9-13H2,1-2H3. The molecule has 8 heteroatoms. The topological polar surface area (TPSA) is 85.3 Å². The molecule has 1 saturated heterocycles. The smallest absolute Gasteiger partial charge is 0.259 e. The molecular weight excluding hydrogens is 399 g/mol. The van der Waals surface area contributed by atoms with Gasteiger partial charge in [0, 0.05) is 24.1 Å². The van der Waals surface area contributed by atoms with E-state index in [0.29, 0.717) is 53.3 Å². The van der Waals surface area contributed by atoms with Crippen LogP contribution in [0.2, 0.25) is 0 Å². The Bertz CT molecular complexity index is 1070. The lowest BCUT2D eigenvalue weighted by Crippen LogP contribution is -2.46. The molecule has 2 aromatic heterocycles. The molecule has 3 aromatic rings. The van der Waals surface area contributed by atoms with Crippen LogP contribution in [0.15, 0.2) is 33.3 Å². The van der Waals surface area contributed by atoms with Crippen molar-refractivity contribution in [3.05, 3.63) is 52.9 Å².